The molecule has 0 aliphatic carbocycles. The van der Waals surface area contributed by atoms with Gasteiger partial charge < -0.3 is 36.5 Å². The summed E-state index contributed by atoms with van der Waals surface area (Å²) in [4.78, 5) is 35.0. The summed E-state index contributed by atoms with van der Waals surface area (Å²) in [6.45, 7) is 3.42. The Bertz CT molecular complexity index is 619. The van der Waals surface area contributed by atoms with E-state index in [1.54, 1.807) is 21.6 Å². The number of hydrogen-bond donors (Lipinski definition) is 5. The third kappa shape index (κ3) is 12.7. The first kappa shape index (κ1) is 29.4. The first-order chi connectivity index (χ1) is 16.6. The molecule has 2 heterocycles. The van der Waals surface area contributed by atoms with Crippen molar-refractivity contribution in [3.63, 3.8) is 0 Å². The smallest absolute Gasteiger partial charge is 0.315 e. The monoisotopic (exact) mass is 537 g/mol. The molecule has 0 radical (unpaired) electrons. The lowest BCUT2D eigenvalue weighted by molar-refractivity contribution is -0.122. The van der Waals surface area contributed by atoms with Crippen LogP contribution < -0.4 is 27.0 Å². The molecule has 2 aliphatic heterocycles. The van der Waals surface area contributed by atoms with Crippen LogP contribution in [0.1, 0.15) is 32.1 Å². The highest BCUT2D eigenvalue weighted by Gasteiger charge is 2.42. The number of ether oxygens (including phenoxy) is 2. The van der Waals surface area contributed by atoms with Gasteiger partial charge in [0.1, 0.15) is 0 Å². The highest BCUT2D eigenvalue weighted by molar-refractivity contribution is 8.76. The molecule has 3 atom stereocenters. The second-order valence-electron chi connectivity index (χ2n) is 7.97. The van der Waals surface area contributed by atoms with Crippen LogP contribution in [0.15, 0.2) is 0 Å². The van der Waals surface area contributed by atoms with Crippen molar-refractivity contribution in [2.45, 2.75) is 49.4 Å². The van der Waals surface area contributed by atoms with E-state index in [1.165, 1.54) is 0 Å². The Morgan fingerprint density at radius 2 is 1.65 bits per heavy atom. The number of hydrogen-bond acceptors (Lipinski definition) is 9. The summed E-state index contributed by atoms with van der Waals surface area (Å²) in [6, 6.07) is 0.421. The van der Waals surface area contributed by atoms with Gasteiger partial charge in [-0.3, -0.25) is 9.59 Å². The molecule has 4 amide bonds. The number of nitrogens with one attached hydrogen (secondary N) is 4. The lowest BCUT2D eigenvalue weighted by Gasteiger charge is -2.16. The third-order valence-electron chi connectivity index (χ3n) is 5.29. The molecule has 34 heavy (non-hydrogen) atoms. The van der Waals surface area contributed by atoms with Crippen LogP contribution in [-0.4, -0.2) is 98.5 Å². The van der Waals surface area contributed by atoms with Crippen molar-refractivity contribution in [3.05, 3.63) is 0 Å². The Morgan fingerprint density at radius 3 is 2.35 bits per heavy atom. The lowest BCUT2D eigenvalue weighted by Crippen LogP contribution is -2.36. The summed E-state index contributed by atoms with van der Waals surface area (Å²) in [5.41, 5.74) is 5.41. The minimum atomic E-state index is -0.0588. The standard InChI is InChI=1S/C21H39N5O5S3/c22-6-14-34-33-13-5-19(28)24-8-10-31-12-11-30-9-7-23-18(27)4-2-1-3-17-20-16(15-32-17)25-21(29)26-20/h16-17,20H,1-15,22H2,(H,23,27)(H,24,28)(H2,25,26,29)/t16-,17?,20-/m1/s1. The van der Waals surface area contributed by atoms with E-state index in [0.29, 0.717) is 64.2 Å². The number of urea groups is 1. The summed E-state index contributed by atoms with van der Waals surface area (Å²) in [5, 5.41) is 12.1. The average Bonchev–Trinajstić information content (AvgIpc) is 3.37. The van der Waals surface area contributed by atoms with Gasteiger partial charge in [0.15, 0.2) is 0 Å². The third-order valence-corrected chi connectivity index (χ3v) is 9.24. The van der Waals surface area contributed by atoms with Gasteiger partial charge in [-0.2, -0.15) is 11.8 Å². The Hall–Kier alpha value is -0.860. The summed E-state index contributed by atoms with van der Waals surface area (Å²) in [6.07, 6.45) is 3.84. The van der Waals surface area contributed by atoms with Crippen molar-refractivity contribution in [2.75, 3.05) is 63.3 Å². The fraction of sp³-hybridized carbons (Fsp3) is 0.857. The number of amides is 4. The van der Waals surface area contributed by atoms with E-state index in [-0.39, 0.29) is 29.9 Å². The van der Waals surface area contributed by atoms with Crippen LogP contribution in [0.4, 0.5) is 4.79 Å². The second kappa shape index (κ2) is 18.4. The first-order valence-corrected chi connectivity index (χ1v) is 15.5. The van der Waals surface area contributed by atoms with Crippen LogP contribution in [0.3, 0.4) is 0 Å². The maximum Gasteiger partial charge on any atom is 0.315 e. The van der Waals surface area contributed by atoms with Crippen molar-refractivity contribution >= 4 is 51.2 Å². The van der Waals surface area contributed by atoms with Gasteiger partial charge in [0, 0.05) is 55.0 Å². The predicted octanol–water partition coefficient (Wildman–Crippen LogP) is 0.708. The molecule has 2 saturated heterocycles. The molecule has 196 valence electrons. The minimum Gasteiger partial charge on any atom is -0.377 e. The predicted molar refractivity (Wildman–Crippen MR) is 140 cm³/mol. The Morgan fingerprint density at radius 1 is 0.971 bits per heavy atom. The molecule has 0 bridgehead atoms. The van der Waals surface area contributed by atoms with Gasteiger partial charge in [0.05, 0.1) is 38.5 Å². The minimum absolute atomic E-state index is 0.0297. The molecule has 0 spiro atoms. The van der Waals surface area contributed by atoms with Crippen molar-refractivity contribution < 1.29 is 23.9 Å². The van der Waals surface area contributed by atoms with Crippen LogP contribution in [-0.2, 0) is 19.1 Å². The molecular weight excluding hydrogens is 498 g/mol. The molecular formula is C21H39N5O5S3. The van der Waals surface area contributed by atoms with Crippen LogP contribution in [0.25, 0.3) is 0 Å². The molecule has 1 unspecified atom stereocenters. The molecule has 2 fully saturated rings. The van der Waals surface area contributed by atoms with E-state index < -0.39 is 0 Å². The molecule has 6 N–H and O–H groups in total. The van der Waals surface area contributed by atoms with Gasteiger partial charge in [0.2, 0.25) is 11.8 Å². The number of fused-ring (bicyclic) bond motifs is 1. The van der Waals surface area contributed by atoms with Crippen LogP contribution in [0.5, 0.6) is 0 Å². The van der Waals surface area contributed by atoms with E-state index >= 15 is 0 Å². The van der Waals surface area contributed by atoms with Gasteiger partial charge in [-0.15, -0.1) is 0 Å². The summed E-state index contributed by atoms with van der Waals surface area (Å²) >= 11 is 1.90. The largest absolute Gasteiger partial charge is 0.377 e. The number of carbonyl (C=O) groups excluding carboxylic acids is 3. The van der Waals surface area contributed by atoms with Crippen molar-refractivity contribution in [3.8, 4) is 0 Å². The van der Waals surface area contributed by atoms with Gasteiger partial charge in [-0.1, -0.05) is 28.0 Å². The van der Waals surface area contributed by atoms with E-state index in [9.17, 15) is 14.4 Å². The Labute approximate surface area is 214 Å². The average molecular weight is 538 g/mol. The normalized spacial score (nSPS) is 21.1. The zero-order valence-corrected chi connectivity index (χ0v) is 22.1. The van der Waals surface area contributed by atoms with E-state index in [1.807, 2.05) is 11.8 Å². The van der Waals surface area contributed by atoms with Crippen LogP contribution >= 0.6 is 33.3 Å². The topological polar surface area (TPSA) is 144 Å². The number of nitrogens with two attached hydrogens (primary N) is 1. The molecule has 0 aromatic rings. The number of unbranched alkanes of at least 4 members (excludes halogenated alkanes) is 1. The van der Waals surface area contributed by atoms with Gasteiger partial charge in [0.25, 0.3) is 0 Å². The number of rotatable bonds is 20. The maximum absolute atomic E-state index is 11.9. The SMILES string of the molecule is NCCSSCCC(=O)NCCOCCOCCNC(=O)CCCCC1SC[C@H]2NC(=O)N[C@@H]12. The number of thioether (sulfide) groups is 1. The first-order valence-electron chi connectivity index (χ1n) is 11.9. The molecule has 10 nitrogen and oxygen atoms in total. The molecule has 13 heteroatoms. The summed E-state index contributed by atoms with van der Waals surface area (Å²) in [5.74, 6) is 2.71. The molecule has 2 rings (SSSR count). The summed E-state index contributed by atoms with van der Waals surface area (Å²) in [7, 11) is 3.35. The zero-order chi connectivity index (χ0) is 24.4. The van der Waals surface area contributed by atoms with Gasteiger partial charge in [-0.25, -0.2) is 4.79 Å². The fourth-order valence-electron chi connectivity index (χ4n) is 3.60. The quantitative estimate of drug-likeness (QED) is 0.0861. The molecule has 0 aromatic carbocycles. The van der Waals surface area contributed by atoms with Crippen LogP contribution in [0, 0.1) is 0 Å². The maximum atomic E-state index is 11.9. The molecule has 2 aliphatic rings. The fourth-order valence-corrected chi connectivity index (χ4v) is 6.99. The van der Waals surface area contributed by atoms with Crippen molar-refractivity contribution in [1.29, 1.82) is 0 Å². The lowest BCUT2D eigenvalue weighted by atomic mass is 10.0. The van der Waals surface area contributed by atoms with Crippen molar-refractivity contribution in [1.82, 2.24) is 21.3 Å². The van der Waals surface area contributed by atoms with Gasteiger partial charge in [-0.05, 0) is 12.8 Å². The van der Waals surface area contributed by atoms with E-state index in [0.717, 1.165) is 36.5 Å². The van der Waals surface area contributed by atoms with Crippen molar-refractivity contribution in [2.24, 2.45) is 5.73 Å². The Kier molecular flexibility index (Phi) is 15.9. The second-order valence-corrected chi connectivity index (χ2v) is 11.9. The molecule has 0 aromatic heterocycles. The summed E-state index contributed by atoms with van der Waals surface area (Å²) < 4.78 is 10.9. The Balaban J connectivity index is 1.30. The number of carbonyl (C=O) groups is 3. The highest BCUT2D eigenvalue weighted by atomic mass is 33.1. The van der Waals surface area contributed by atoms with Crippen LogP contribution in [0.2, 0.25) is 0 Å². The molecule has 0 saturated carbocycles. The van der Waals surface area contributed by atoms with Gasteiger partial charge >= 0.3 is 6.03 Å². The zero-order valence-electron chi connectivity index (χ0n) is 19.7. The van der Waals surface area contributed by atoms with E-state index in [2.05, 4.69) is 21.3 Å². The highest BCUT2D eigenvalue weighted by Crippen LogP contribution is 2.33. The van der Waals surface area contributed by atoms with E-state index in [4.69, 9.17) is 15.2 Å².